The van der Waals surface area contributed by atoms with Crippen molar-refractivity contribution < 1.29 is 9.53 Å². The average molecular weight is 521 g/mol. The van der Waals surface area contributed by atoms with Crippen molar-refractivity contribution in [2.45, 2.75) is 65.3 Å². The highest BCUT2D eigenvalue weighted by Gasteiger charge is 2.35. The molecule has 4 nitrogen and oxygen atoms in total. The molecule has 2 aliphatic rings. The lowest BCUT2D eigenvalue weighted by Gasteiger charge is -2.38. The Hall–Kier alpha value is -3.79. The van der Waals surface area contributed by atoms with Crippen molar-refractivity contribution in [1.29, 1.82) is 0 Å². The number of aromatic nitrogens is 1. The normalized spacial score (nSPS) is 18.5. The number of benzene rings is 2. The molecule has 0 saturated heterocycles. The highest BCUT2D eigenvalue weighted by atomic mass is 16.5. The lowest BCUT2D eigenvalue weighted by atomic mass is 9.76. The largest absolute Gasteiger partial charge is 0.497 e. The van der Waals surface area contributed by atoms with E-state index in [9.17, 15) is 4.79 Å². The molecule has 4 heteroatoms. The Bertz CT molecular complexity index is 1430. The van der Waals surface area contributed by atoms with Gasteiger partial charge < -0.3 is 14.2 Å². The zero-order chi connectivity index (χ0) is 27.7. The van der Waals surface area contributed by atoms with E-state index in [0.29, 0.717) is 6.42 Å². The molecule has 3 aromatic rings. The number of carbonyl (C=O) groups is 1. The molecule has 0 radical (unpaired) electrons. The molecule has 2 atom stereocenters. The van der Waals surface area contributed by atoms with Gasteiger partial charge in [0.2, 0.25) is 0 Å². The van der Waals surface area contributed by atoms with Gasteiger partial charge in [-0.1, -0.05) is 35.9 Å². The SMILES string of the molecule is COc1ccc(C2CC(=O)C(C(c3ccc(-n4c(C)ccc4C)cc3)N(C)C3=C(C)CCC=C3)=C(C)C2)cc1. The van der Waals surface area contributed by atoms with Crippen LogP contribution in [0.2, 0.25) is 0 Å². The van der Waals surface area contributed by atoms with Crippen LogP contribution in [0.25, 0.3) is 5.69 Å². The number of ether oxygens (including phenoxy) is 1. The predicted molar refractivity (Wildman–Crippen MR) is 159 cm³/mol. The van der Waals surface area contributed by atoms with Crippen molar-refractivity contribution in [2.24, 2.45) is 0 Å². The Kier molecular flexibility index (Phi) is 7.65. The number of aryl methyl sites for hydroxylation is 2. The van der Waals surface area contributed by atoms with Crippen LogP contribution >= 0.6 is 0 Å². The fraction of sp³-hybridized carbons (Fsp3) is 0.343. The van der Waals surface area contributed by atoms with Crippen molar-refractivity contribution in [2.75, 3.05) is 14.2 Å². The van der Waals surface area contributed by atoms with Gasteiger partial charge in [0.05, 0.1) is 13.2 Å². The molecule has 1 aromatic heterocycles. The van der Waals surface area contributed by atoms with Crippen LogP contribution in [0, 0.1) is 13.8 Å². The molecule has 0 saturated carbocycles. The van der Waals surface area contributed by atoms with Crippen LogP contribution in [0.5, 0.6) is 5.75 Å². The summed E-state index contributed by atoms with van der Waals surface area (Å²) < 4.78 is 7.61. The number of Topliss-reactive ketones (excluding diaryl/α,β-unsaturated/α-hetero) is 1. The Morgan fingerprint density at radius 1 is 0.872 bits per heavy atom. The van der Waals surface area contributed by atoms with Gasteiger partial charge in [-0.2, -0.15) is 0 Å². The third kappa shape index (κ3) is 5.25. The van der Waals surface area contributed by atoms with Gasteiger partial charge >= 0.3 is 0 Å². The zero-order valence-corrected chi connectivity index (χ0v) is 24.1. The number of allylic oxidation sites excluding steroid dienone is 4. The van der Waals surface area contributed by atoms with Crippen LogP contribution in [-0.4, -0.2) is 29.4 Å². The second kappa shape index (κ2) is 11.1. The Balaban J connectivity index is 1.55. The molecule has 0 amide bonds. The van der Waals surface area contributed by atoms with Gasteiger partial charge in [-0.05, 0) is 112 Å². The number of hydrogen-bond acceptors (Lipinski definition) is 3. The van der Waals surface area contributed by atoms with Crippen LogP contribution in [0.15, 0.2) is 95.2 Å². The maximum Gasteiger partial charge on any atom is 0.161 e. The van der Waals surface area contributed by atoms with Gasteiger partial charge in [0.25, 0.3) is 0 Å². The van der Waals surface area contributed by atoms with Crippen LogP contribution in [0.1, 0.15) is 74.0 Å². The summed E-state index contributed by atoms with van der Waals surface area (Å²) in [4.78, 5) is 16.3. The smallest absolute Gasteiger partial charge is 0.161 e. The maximum absolute atomic E-state index is 14.0. The molecule has 2 aliphatic carbocycles. The number of nitrogens with zero attached hydrogens (tertiary/aromatic N) is 2. The minimum Gasteiger partial charge on any atom is -0.497 e. The van der Waals surface area contributed by atoms with Crippen LogP contribution in [0.3, 0.4) is 0 Å². The second-order valence-corrected chi connectivity index (χ2v) is 11.2. The third-order valence-electron chi connectivity index (χ3n) is 8.51. The molecule has 0 N–H and O–H groups in total. The topological polar surface area (TPSA) is 34.5 Å². The summed E-state index contributed by atoms with van der Waals surface area (Å²) in [5.74, 6) is 1.28. The Morgan fingerprint density at radius 3 is 2.13 bits per heavy atom. The molecule has 202 valence electrons. The van der Waals surface area contributed by atoms with Crippen molar-refractivity contribution in [3.05, 3.63) is 118 Å². The molecule has 0 bridgehead atoms. The van der Waals surface area contributed by atoms with E-state index >= 15 is 0 Å². The summed E-state index contributed by atoms with van der Waals surface area (Å²) >= 11 is 0. The zero-order valence-electron chi connectivity index (χ0n) is 24.1. The van der Waals surface area contributed by atoms with E-state index in [1.165, 1.54) is 33.8 Å². The first-order chi connectivity index (χ1) is 18.8. The first-order valence-electron chi connectivity index (χ1n) is 14.0. The molecule has 39 heavy (non-hydrogen) atoms. The summed E-state index contributed by atoms with van der Waals surface area (Å²) in [6.07, 6.45) is 8.01. The molecule has 0 fully saturated rings. The molecular weight excluding hydrogens is 480 g/mol. The molecule has 1 heterocycles. The standard InChI is InChI=1S/C35H40N2O2/c1-23-9-7-8-10-32(23)36(5)35(28-13-17-30(18-14-28)37-25(3)11-12-26(37)4)34-24(2)21-29(22-33(34)38)27-15-19-31(39-6)20-16-27/h8,10-20,29,35H,7,9,21-22H2,1-6H3. The van der Waals surface area contributed by atoms with E-state index in [-0.39, 0.29) is 17.7 Å². The van der Waals surface area contributed by atoms with Gasteiger partial charge in [-0.3, -0.25) is 4.79 Å². The van der Waals surface area contributed by atoms with E-state index in [4.69, 9.17) is 4.74 Å². The average Bonchev–Trinajstić information content (AvgIpc) is 3.28. The molecule has 2 aromatic carbocycles. The van der Waals surface area contributed by atoms with E-state index in [2.05, 4.69) is 105 Å². The first-order valence-corrected chi connectivity index (χ1v) is 14.0. The summed E-state index contributed by atoms with van der Waals surface area (Å²) in [7, 11) is 3.83. The number of likely N-dealkylation sites (N-methyl/N-ethyl adjacent to an activating group) is 1. The summed E-state index contributed by atoms with van der Waals surface area (Å²) in [6.45, 7) is 8.64. The van der Waals surface area contributed by atoms with E-state index in [0.717, 1.165) is 41.8 Å². The number of methoxy groups -OCH3 is 1. The van der Waals surface area contributed by atoms with Crippen LogP contribution < -0.4 is 4.74 Å². The van der Waals surface area contributed by atoms with Gasteiger partial charge in [-0.25, -0.2) is 0 Å². The Labute approximate surface area is 233 Å². The minimum atomic E-state index is -0.136. The van der Waals surface area contributed by atoms with Crippen LogP contribution in [0.4, 0.5) is 0 Å². The first kappa shape index (κ1) is 26.8. The molecular formula is C35H40N2O2. The summed E-state index contributed by atoms with van der Waals surface area (Å²) in [5.41, 5.74) is 10.6. The molecule has 0 aliphatic heterocycles. The second-order valence-electron chi connectivity index (χ2n) is 11.2. The summed E-state index contributed by atoms with van der Waals surface area (Å²) in [5, 5.41) is 0. The van der Waals surface area contributed by atoms with Crippen molar-refractivity contribution >= 4 is 5.78 Å². The highest BCUT2D eigenvalue weighted by Crippen LogP contribution is 2.43. The minimum absolute atomic E-state index is 0.136. The van der Waals surface area contributed by atoms with Crippen molar-refractivity contribution in [3.8, 4) is 11.4 Å². The number of carbonyl (C=O) groups excluding carboxylic acids is 1. The van der Waals surface area contributed by atoms with Gasteiger partial charge in [-0.15, -0.1) is 0 Å². The van der Waals surface area contributed by atoms with Crippen molar-refractivity contribution in [1.82, 2.24) is 9.47 Å². The van der Waals surface area contributed by atoms with Gasteiger partial charge in [0.15, 0.2) is 5.78 Å². The van der Waals surface area contributed by atoms with Crippen molar-refractivity contribution in [3.63, 3.8) is 0 Å². The van der Waals surface area contributed by atoms with E-state index in [1.54, 1.807) is 7.11 Å². The molecule has 5 rings (SSSR count). The monoisotopic (exact) mass is 520 g/mol. The summed E-state index contributed by atoms with van der Waals surface area (Å²) in [6, 6.07) is 21.2. The fourth-order valence-electron chi connectivity index (χ4n) is 6.41. The van der Waals surface area contributed by atoms with E-state index in [1.807, 2.05) is 12.1 Å². The quantitative estimate of drug-likeness (QED) is 0.315. The number of hydrogen-bond donors (Lipinski definition) is 0. The van der Waals surface area contributed by atoms with E-state index < -0.39 is 0 Å². The highest BCUT2D eigenvalue weighted by molar-refractivity contribution is 5.99. The molecule has 0 spiro atoms. The Morgan fingerprint density at radius 2 is 1.54 bits per heavy atom. The third-order valence-corrected chi connectivity index (χ3v) is 8.51. The van der Waals surface area contributed by atoms with Crippen LogP contribution in [-0.2, 0) is 4.79 Å². The number of rotatable bonds is 7. The molecule has 2 unspecified atom stereocenters. The predicted octanol–water partition coefficient (Wildman–Crippen LogP) is 8.16. The van der Waals surface area contributed by atoms with Gasteiger partial charge in [0, 0.05) is 41.8 Å². The number of ketones is 1. The fourth-order valence-corrected chi connectivity index (χ4v) is 6.41. The maximum atomic E-state index is 14.0. The van der Waals surface area contributed by atoms with Gasteiger partial charge in [0.1, 0.15) is 5.75 Å². The lowest BCUT2D eigenvalue weighted by Crippen LogP contribution is -2.32. The lowest BCUT2D eigenvalue weighted by molar-refractivity contribution is -0.117.